The van der Waals surface area contributed by atoms with Gasteiger partial charge in [-0.2, -0.15) is 0 Å². The second-order valence-corrected chi connectivity index (χ2v) is 7.06. The summed E-state index contributed by atoms with van der Waals surface area (Å²) in [5.74, 6) is 0.574. The number of H-pyrrole nitrogens is 1. The molecule has 0 bridgehead atoms. The van der Waals surface area contributed by atoms with Gasteiger partial charge in [0.25, 0.3) is 0 Å². The van der Waals surface area contributed by atoms with Crippen molar-refractivity contribution in [3.63, 3.8) is 0 Å². The number of hydrogen-bond acceptors (Lipinski definition) is 3. The van der Waals surface area contributed by atoms with Crippen LogP contribution < -0.4 is 0 Å². The highest BCUT2D eigenvalue weighted by atomic mass is 19.1. The van der Waals surface area contributed by atoms with E-state index in [0.29, 0.717) is 6.54 Å². The number of nitrogens with one attached hydrogen (secondary N) is 1. The first kappa shape index (κ1) is 17.3. The molecule has 0 fully saturated rings. The molecule has 6 heteroatoms. The number of aromatic nitrogens is 5. The monoisotopic (exact) mass is 383 g/mol. The number of pyridine rings is 1. The predicted octanol–water partition coefficient (Wildman–Crippen LogP) is 4.60. The van der Waals surface area contributed by atoms with Crippen molar-refractivity contribution in [3.8, 4) is 11.4 Å². The van der Waals surface area contributed by atoms with Gasteiger partial charge in [0.1, 0.15) is 11.6 Å². The van der Waals surface area contributed by atoms with Crippen LogP contribution in [0.1, 0.15) is 16.7 Å². The van der Waals surface area contributed by atoms with Crippen LogP contribution in [0.4, 0.5) is 4.39 Å². The van der Waals surface area contributed by atoms with Gasteiger partial charge in [-0.1, -0.05) is 18.2 Å². The van der Waals surface area contributed by atoms with Gasteiger partial charge in [-0.25, -0.2) is 14.4 Å². The second kappa shape index (κ2) is 7.31. The smallest absolute Gasteiger partial charge is 0.140 e. The van der Waals surface area contributed by atoms with E-state index in [1.165, 1.54) is 12.1 Å². The highest BCUT2D eigenvalue weighted by Crippen LogP contribution is 2.23. The Kier molecular flexibility index (Phi) is 4.37. The zero-order valence-corrected chi connectivity index (χ0v) is 15.6. The lowest BCUT2D eigenvalue weighted by molar-refractivity contribution is 0.627. The average Bonchev–Trinajstić information content (AvgIpc) is 3.39. The van der Waals surface area contributed by atoms with Crippen LogP contribution in [0, 0.1) is 5.82 Å². The molecule has 0 aliphatic heterocycles. The molecule has 5 rings (SSSR count). The highest BCUT2D eigenvalue weighted by Gasteiger charge is 2.08. The maximum atomic E-state index is 13.1. The number of rotatable bonds is 5. The van der Waals surface area contributed by atoms with Crippen LogP contribution in [0.25, 0.3) is 22.4 Å². The average molecular weight is 383 g/mol. The lowest BCUT2D eigenvalue weighted by Crippen LogP contribution is -1.97. The van der Waals surface area contributed by atoms with Crippen LogP contribution >= 0.6 is 0 Å². The van der Waals surface area contributed by atoms with Crippen molar-refractivity contribution in [1.29, 1.82) is 0 Å². The molecule has 5 nitrogen and oxygen atoms in total. The van der Waals surface area contributed by atoms with E-state index in [0.717, 1.165) is 45.5 Å². The molecule has 0 unspecified atom stereocenters. The summed E-state index contributed by atoms with van der Waals surface area (Å²) >= 11 is 0. The number of halogens is 1. The molecule has 0 aliphatic carbocycles. The molecular weight excluding hydrogens is 365 g/mol. The van der Waals surface area contributed by atoms with Gasteiger partial charge in [-0.3, -0.25) is 4.98 Å². The molecule has 3 aromatic heterocycles. The molecule has 0 atom stereocenters. The van der Waals surface area contributed by atoms with Crippen molar-refractivity contribution in [2.24, 2.45) is 0 Å². The van der Waals surface area contributed by atoms with E-state index in [2.05, 4.69) is 33.2 Å². The standard InChI is InChI=1S/C23H18FN5/c24-20-4-1-16(2-5-20)9-17-3-6-21-22(11-17)28-23(27-21)19-10-18(12-26-13-19)14-29-8-7-25-15-29/h1-8,10-13,15H,9,14H2,(H,27,28). The van der Waals surface area contributed by atoms with Crippen molar-refractivity contribution in [2.45, 2.75) is 13.0 Å². The molecule has 142 valence electrons. The molecular formula is C23H18FN5. The molecule has 0 spiro atoms. The maximum Gasteiger partial charge on any atom is 0.140 e. The molecule has 0 saturated carbocycles. The third-order valence-electron chi connectivity index (χ3n) is 4.86. The first-order valence-electron chi connectivity index (χ1n) is 9.36. The summed E-state index contributed by atoms with van der Waals surface area (Å²) in [6.07, 6.45) is 9.89. The molecule has 0 saturated heterocycles. The molecule has 0 amide bonds. The summed E-state index contributed by atoms with van der Waals surface area (Å²) < 4.78 is 15.1. The van der Waals surface area contributed by atoms with Gasteiger partial charge >= 0.3 is 0 Å². The maximum absolute atomic E-state index is 13.1. The van der Waals surface area contributed by atoms with E-state index < -0.39 is 0 Å². The van der Waals surface area contributed by atoms with Crippen molar-refractivity contribution in [3.05, 3.63) is 102 Å². The Morgan fingerprint density at radius 1 is 0.897 bits per heavy atom. The fourth-order valence-electron chi connectivity index (χ4n) is 3.44. The normalized spacial score (nSPS) is 11.2. The van der Waals surface area contributed by atoms with Crippen LogP contribution in [0.2, 0.25) is 0 Å². The summed E-state index contributed by atoms with van der Waals surface area (Å²) in [6, 6.07) is 14.9. The van der Waals surface area contributed by atoms with Crippen LogP contribution in [0.3, 0.4) is 0 Å². The zero-order chi connectivity index (χ0) is 19.6. The van der Waals surface area contributed by atoms with Gasteiger partial charge in [0.15, 0.2) is 0 Å². The Labute approximate surface area is 166 Å². The Bertz CT molecular complexity index is 1260. The Hall–Kier alpha value is -3.80. The topological polar surface area (TPSA) is 59.4 Å². The quantitative estimate of drug-likeness (QED) is 0.483. The molecule has 29 heavy (non-hydrogen) atoms. The molecule has 3 heterocycles. The number of benzene rings is 2. The molecule has 2 aromatic carbocycles. The minimum atomic E-state index is -0.216. The van der Waals surface area contributed by atoms with Crippen molar-refractivity contribution in [1.82, 2.24) is 24.5 Å². The van der Waals surface area contributed by atoms with E-state index in [-0.39, 0.29) is 5.82 Å². The zero-order valence-electron chi connectivity index (χ0n) is 15.6. The Morgan fingerprint density at radius 2 is 1.76 bits per heavy atom. The van der Waals surface area contributed by atoms with E-state index >= 15 is 0 Å². The van der Waals surface area contributed by atoms with Gasteiger partial charge in [0.2, 0.25) is 0 Å². The van der Waals surface area contributed by atoms with Crippen molar-refractivity contribution in [2.75, 3.05) is 0 Å². The van der Waals surface area contributed by atoms with Gasteiger partial charge in [-0.05, 0) is 53.4 Å². The number of hydrogen-bond donors (Lipinski definition) is 1. The van der Waals surface area contributed by atoms with E-state index in [1.807, 2.05) is 41.4 Å². The van der Waals surface area contributed by atoms with Crippen LogP contribution in [0.15, 0.2) is 79.6 Å². The number of nitrogens with zero attached hydrogens (tertiary/aromatic N) is 4. The lowest BCUT2D eigenvalue weighted by atomic mass is 10.0. The summed E-state index contributed by atoms with van der Waals surface area (Å²) in [4.78, 5) is 16.6. The Balaban J connectivity index is 1.42. The highest BCUT2D eigenvalue weighted by molar-refractivity contribution is 5.80. The molecule has 1 N–H and O–H groups in total. The second-order valence-electron chi connectivity index (χ2n) is 7.06. The number of imidazole rings is 2. The lowest BCUT2D eigenvalue weighted by Gasteiger charge is -2.03. The minimum absolute atomic E-state index is 0.216. The third kappa shape index (κ3) is 3.78. The van der Waals surface area contributed by atoms with Gasteiger partial charge in [-0.15, -0.1) is 0 Å². The van der Waals surface area contributed by atoms with Gasteiger partial charge in [0, 0.05) is 30.4 Å². The Morgan fingerprint density at radius 3 is 2.59 bits per heavy atom. The summed E-state index contributed by atoms with van der Waals surface area (Å²) in [5, 5.41) is 0. The SMILES string of the molecule is Fc1ccc(Cc2ccc3nc(-c4cncc(Cn5ccnc5)c4)[nH]c3c2)cc1. The molecule has 0 aliphatic rings. The predicted molar refractivity (Wildman–Crippen MR) is 110 cm³/mol. The summed E-state index contributed by atoms with van der Waals surface area (Å²) in [5.41, 5.74) is 6.12. The van der Waals surface area contributed by atoms with Crippen LogP contribution in [-0.4, -0.2) is 24.5 Å². The number of aromatic amines is 1. The molecule has 5 aromatic rings. The minimum Gasteiger partial charge on any atom is -0.338 e. The fourth-order valence-corrected chi connectivity index (χ4v) is 3.44. The number of fused-ring (bicyclic) bond motifs is 1. The van der Waals surface area contributed by atoms with Crippen LogP contribution in [-0.2, 0) is 13.0 Å². The summed E-state index contributed by atoms with van der Waals surface area (Å²) in [7, 11) is 0. The first-order valence-corrected chi connectivity index (χ1v) is 9.36. The van der Waals surface area contributed by atoms with Gasteiger partial charge < -0.3 is 9.55 Å². The summed E-state index contributed by atoms with van der Waals surface area (Å²) in [6.45, 7) is 0.711. The third-order valence-corrected chi connectivity index (χ3v) is 4.86. The van der Waals surface area contributed by atoms with E-state index in [4.69, 9.17) is 4.98 Å². The van der Waals surface area contributed by atoms with Crippen molar-refractivity contribution >= 4 is 11.0 Å². The van der Waals surface area contributed by atoms with Crippen LogP contribution in [0.5, 0.6) is 0 Å². The van der Waals surface area contributed by atoms with Crippen molar-refractivity contribution < 1.29 is 4.39 Å². The largest absolute Gasteiger partial charge is 0.338 e. The fraction of sp³-hybridized carbons (Fsp3) is 0.0870. The van der Waals surface area contributed by atoms with E-state index in [9.17, 15) is 4.39 Å². The van der Waals surface area contributed by atoms with Gasteiger partial charge in [0.05, 0.1) is 23.9 Å². The first-order chi connectivity index (χ1) is 14.2. The van der Waals surface area contributed by atoms with E-state index in [1.54, 1.807) is 12.5 Å². The molecule has 0 radical (unpaired) electrons.